The molecule has 0 unspecified atom stereocenters. The van der Waals surface area contributed by atoms with Crippen LogP contribution in [0, 0.1) is 5.41 Å². The minimum Gasteiger partial charge on any atom is -0.503 e. The third kappa shape index (κ3) is 4.95. The highest BCUT2D eigenvalue weighted by molar-refractivity contribution is 6.01. The van der Waals surface area contributed by atoms with Gasteiger partial charge in [0, 0.05) is 18.0 Å². The second-order valence-corrected chi connectivity index (χ2v) is 5.31. The SMILES string of the molecule is CC(C)(C)C(=O)/C=C(\O)C(=O)NCc1ccccc1. The van der Waals surface area contributed by atoms with Crippen LogP contribution in [0.25, 0.3) is 0 Å². The van der Waals surface area contributed by atoms with Gasteiger partial charge in [-0.15, -0.1) is 0 Å². The summed E-state index contributed by atoms with van der Waals surface area (Å²) in [6.07, 6.45) is 0.973. The summed E-state index contributed by atoms with van der Waals surface area (Å²) in [6, 6.07) is 9.33. The lowest BCUT2D eigenvalue weighted by molar-refractivity contribution is -0.123. The highest BCUT2D eigenvalue weighted by atomic mass is 16.3. The predicted molar refractivity (Wildman–Crippen MR) is 73.5 cm³/mol. The lowest BCUT2D eigenvalue weighted by Gasteiger charge is -2.13. The van der Waals surface area contributed by atoms with Crippen molar-refractivity contribution in [1.29, 1.82) is 0 Å². The number of amides is 1. The van der Waals surface area contributed by atoms with Crippen molar-refractivity contribution >= 4 is 11.7 Å². The quantitative estimate of drug-likeness (QED) is 0.646. The Morgan fingerprint density at radius 2 is 1.79 bits per heavy atom. The molecule has 1 rings (SSSR count). The summed E-state index contributed by atoms with van der Waals surface area (Å²) in [7, 11) is 0. The summed E-state index contributed by atoms with van der Waals surface area (Å²) in [6.45, 7) is 5.48. The molecule has 0 atom stereocenters. The maximum Gasteiger partial charge on any atom is 0.286 e. The van der Waals surface area contributed by atoms with Crippen LogP contribution in [0.2, 0.25) is 0 Å². The molecule has 1 aromatic rings. The van der Waals surface area contributed by atoms with Gasteiger partial charge in [0.05, 0.1) is 0 Å². The van der Waals surface area contributed by atoms with Crippen molar-refractivity contribution in [2.24, 2.45) is 5.41 Å². The largest absolute Gasteiger partial charge is 0.503 e. The molecule has 0 spiro atoms. The molecule has 0 heterocycles. The molecule has 2 N–H and O–H groups in total. The highest BCUT2D eigenvalue weighted by Crippen LogP contribution is 2.15. The van der Waals surface area contributed by atoms with Crippen LogP contribution in [-0.4, -0.2) is 16.8 Å². The summed E-state index contributed by atoms with van der Waals surface area (Å²) in [4.78, 5) is 23.2. The van der Waals surface area contributed by atoms with E-state index in [1.807, 2.05) is 30.3 Å². The molecule has 0 radical (unpaired) electrons. The number of carbonyl (C=O) groups excluding carboxylic acids is 2. The number of allylic oxidation sites excluding steroid dienone is 1. The van der Waals surface area contributed by atoms with Crippen molar-refractivity contribution in [3.8, 4) is 0 Å². The average molecular weight is 261 g/mol. The van der Waals surface area contributed by atoms with Crippen LogP contribution >= 0.6 is 0 Å². The Kier molecular flexibility index (Phi) is 4.87. The molecular formula is C15H19NO3. The van der Waals surface area contributed by atoms with Gasteiger partial charge in [-0.1, -0.05) is 51.1 Å². The van der Waals surface area contributed by atoms with E-state index in [9.17, 15) is 14.7 Å². The summed E-state index contributed by atoms with van der Waals surface area (Å²) in [5, 5.41) is 12.1. The number of benzene rings is 1. The topological polar surface area (TPSA) is 66.4 Å². The van der Waals surface area contributed by atoms with E-state index in [0.29, 0.717) is 6.54 Å². The van der Waals surface area contributed by atoms with Crippen molar-refractivity contribution < 1.29 is 14.7 Å². The van der Waals surface area contributed by atoms with Crippen LogP contribution in [0.5, 0.6) is 0 Å². The van der Waals surface area contributed by atoms with Gasteiger partial charge in [0.25, 0.3) is 5.91 Å². The lowest BCUT2D eigenvalue weighted by atomic mass is 9.90. The van der Waals surface area contributed by atoms with Crippen LogP contribution < -0.4 is 5.32 Å². The van der Waals surface area contributed by atoms with Crippen molar-refractivity contribution in [1.82, 2.24) is 5.32 Å². The molecule has 0 fully saturated rings. The Balaban J connectivity index is 2.59. The molecule has 0 bridgehead atoms. The average Bonchev–Trinajstić information content (AvgIpc) is 2.35. The molecule has 4 nitrogen and oxygen atoms in total. The fourth-order valence-electron chi connectivity index (χ4n) is 1.27. The molecule has 0 aliphatic rings. The maximum atomic E-state index is 11.6. The predicted octanol–water partition coefficient (Wildman–Crippen LogP) is 2.36. The first-order valence-electron chi connectivity index (χ1n) is 6.08. The van der Waals surface area contributed by atoms with Crippen LogP contribution in [0.1, 0.15) is 26.3 Å². The van der Waals surface area contributed by atoms with Gasteiger partial charge in [0.1, 0.15) is 0 Å². The minimum absolute atomic E-state index is 0.292. The Labute approximate surface area is 113 Å². The molecule has 102 valence electrons. The molecular weight excluding hydrogens is 242 g/mol. The Bertz CT molecular complexity index is 484. The fraction of sp³-hybridized carbons (Fsp3) is 0.333. The third-order valence-electron chi connectivity index (χ3n) is 2.54. The maximum absolute atomic E-state index is 11.6. The van der Waals surface area contributed by atoms with Gasteiger partial charge in [-0.2, -0.15) is 0 Å². The summed E-state index contributed by atoms with van der Waals surface area (Å²) >= 11 is 0. The van der Waals surface area contributed by atoms with Crippen molar-refractivity contribution in [2.45, 2.75) is 27.3 Å². The zero-order valence-electron chi connectivity index (χ0n) is 11.4. The van der Waals surface area contributed by atoms with Crippen molar-refractivity contribution in [3.63, 3.8) is 0 Å². The van der Waals surface area contributed by atoms with E-state index in [4.69, 9.17) is 0 Å². The fourth-order valence-corrected chi connectivity index (χ4v) is 1.27. The van der Waals surface area contributed by atoms with Gasteiger partial charge < -0.3 is 10.4 Å². The number of hydrogen-bond acceptors (Lipinski definition) is 3. The Morgan fingerprint density at radius 3 is 2.32 bits per heavy atom. The van der Waals surface area contributed by atoms with Crippen LogP contribution in [0.15, 0.2) is 42.2 Å². The number of ketones is 1. The van der Waals surface area contributed by atoms with E-state index in [1.165, 1.54) is 0 Å². The van der Waals surface area contributed by atoms with E-state index in [-0.39, 0.29) is 5.78 Å². The summed E-state index contributed by atoms with van der Waals surface area (Å²) in [5.41, 5.74) is 0.305. The molecule has 0 aliphatic heterocycles. The van der Waals surface area contributed by atoms with E-state index >= 15 is 0 Å². The number of aliphatic hydroxyl groups is 1. The zero-order valence-corrected chi connectivity index (χ0v) is 11.4. The number of carbonyl (C=O) groups is 2. The molecule has 1 amide bonds. The first kappa shape index (κ1) is 15.0. The Morgan fingerprint density at radius 1 is 1.21 bits per heavy atom. The molecule has 1 aromatic carbocycles. The van der Waals surface area contributed by atoms with E-state index < -0.39 is 17.1 Å². The smallest absolute Gasteiger partial charge is 0.286 e. The molecule has 0 saturated heterocycles. The number of nitrogens with one attached hydrogen (secondary N) is 1. The van der Waals surface area contributed by atoms with E-state index in [0.717, 1.165) is 11.6 Å². The number of rotatable bonds is 4. The van der Waals surface area contributed by atoms with E-state index in [2.05, 4.69) is 5.32 Å². The molecule has 4 heteroatoms. The van der Waals surface area contributed by atoms with Crippen LogP contribution in [-0.2, 0) is 16.1 Å². The highest BCUT2D eigenvalue weighted by Gasteiger charge is 2.21. The Hall–Kier alpha value is -2.10. The van der Waals surface area contributed by atoms with Crippen molar-refractivity contribution in [3.05, 3.63) is 47.7 Å². The molecule has 0 aromatic heterocycles. The van der Waals surface area contributed by atoms with Gasteiger partial charge >= 0.3 is 0 Å². The molecule has 0 saturated carbocycles. The first-order valence-corrected chi connectivity index (χ1v) is 6.08. The second-order valence-electron chi connectivity index (χ2n) is 5.31. The van der Waals surface area contributed by atoms with Gasteiger partial charge in [-0.25, -0.2) is 0 Å². The number of hydrogen-bond donors (Lipinski definition) is 2. The normalized spacial score (nSPS) is 12.1. The molecule has 0 aliphatic carbocycles. The third-order valence-corrected chi connectivity index (χ3v) is 2.54. The van der Waals surface area contributed by atoms with E-state index in [1.54, 1.807) is 20.8 Å². The van der Waals surface area contributed by atoms with Crippen LogP contribution in [0.3, 0.4) is 0 Å². The van der Waals surface area contributed by atoms with Crippen LogP contribution in [0.4, 0.5) is 0 Å². The first-order chi connectivity index (χ1) is 8.80. The standard InChI is InChI=1S/C15H19NO3/c1-15(2,3)13(18)9-12(17)14(19)16-10-11-7-5-4-6-8-11/h4-9,17H,10H2,1-3H3,(H,16,19)/b12-9-. The zero-order chi connectivity index (χ0) is 14.5. The molecule has 19 heavy (non-hydrogen) atoms. The van der Waals surface area contributed by atoms with Gasteiger partial charge in [0.2, 0.25) is 0 Å². The second kappa shape index (κ2) is 6.18. The monoisotopic (exact) mass is 261 g/mol. The summed E-state index contributed by atoms with van der Waals surface area (Å²) < 4.78 is 0. The van der Waals surface area contributed by atoms with Crippen molar-refractivity contribution in [2.75, 3.05) is 0 Å². The van der Waals surface area contributed by atoms with Gasteiger partial charge in [-0.3, -0.25) is 9.59 Å². The summed E-state index contributed by atoms with van der Waals surface area (Å²) in [5.74, 6) is -1.50. The number of aliphatic hydroxyl groups excluding tert-OH is 1. The lowest BCUT2D eigenvalue weighted by Crippen LogP contribution is -2.26. The van der Waals surface area contributed by atoms with Gasteiger partial charge in [-0.05, 0) is 5.56 Å². The minimum atomic E-state index is -0.651. The van der Waals surface area contributed by atoms with Gasteiger partial charge in [0.15, 0.2) is 11.5 Å².